The highest BCUT2D eigenvalue weighted by Gasteiger charge is 2.24. The molecule has 1 saturated heterocycles. The fourth-order valence-electron chi connectivity index (χ4n) is 3.18. The van der Waals surface area contributed by atoms with Gasteiger partial charge in [0.15, 0.2) is 0 Å². The predicted octanol–water partition coefficient (Wildman–Crippen LogP) is 2.89. The third-order valence-corrected chi connectivity index (χ3v) is 4.62. The standard InChI is InChI=1S/C20H19N3O4/c1-13-11-17(14-7-10-26-12-14)27-20(25)18(13)19(24)22-15-3-5-16(6-4-15)23-9-2-8-21-23/h2-6,8-9,11,14H,7,10,12H2,1H3,(H,22,24). The second-order valence-corrected chi connectivity index (χ2v) is 6.51. The largest absolute Gasteiger partial charge is 0.427 e. The van der Waals surface area contributed by atoms with E-state index in [1.807, 2.05) is 24.4 Å². The van der Waals surface area contributed by atoms with Crippen molar-refractivity contribution in [1.29, 1.82) is 0 Å². The Morgan fingerprint density at radius 1 is 1.30 bits per heavy atom. The molecule has 0 aliphatic carbocycles. The molecule has 3 heterocycles. The normalized spacial score (nSPS) is 16.4. The average Bonchev–Trinajstić information content (AvgIpc) is 3.36. The zero-order valence-electron chi connectivity index (χ0n) is 14.8. The molecule has 1 unspecified atom stereocenters. The van der Waals surface area contributed by atoms with Crippen LogP contribution in [-0.2, 0) is 4.74 Å². The fourth-order valence-corrected chi connectivity index (χ4v) is 3.18. The molecule has 0 bridgehead atoms. The number of hydrogen-bond acceptors (Lipinski definition) is 5. The smallest absolute Gasteiger partial charge is 0.349 e. The highest BCUT2D eigenvalue weighted by Crippen LogP contribution is 2.25. The maximum absolute atomic E-state index is 12.6. The Hall–Kier alpha value is -3.19. The number of nitrogens with zero attached hydrogens (tertiary/aromatic N) is 2. The molecule has 7 heteroatoms. The molecule has 1 aliphatic heterocycles. The van der Waals surface area contributed by atoms with Crippen molar-refractivity contribution < 1.29 is 13.9 Å². The topological polar surface area (TPSA) is 86.4 Å². The summed E-state index contributed by atoms with van der Waals surface area (Å²) in [4.78, 5) is 25.0. The average molecular weight is 365 g/mol. The Morgan fingerprint density at radius 3 is 2.74 bits per heavy atom. The van der Waals surface area contributed by atoms with Crippen LogP contribution in [-0.4, -0.2) is 28.9 Å². The minimum atomic E-state index is -0.623. The number of amides is 1. The van der Waals surface area contributed by atoms with E-state index < -0.39 is 11.5 Å². The van der Waals surface area contributed by atoms with Crippen molar-refractivity contribution in [1.82, 2.24) is 9.78 Å². The van der Waals surface area contributed by atoms with E-state index in [1.54, 1.807) is 36.0 Å². The van der Waals surface area contributed by atoms with E-state index in [9.17, 15) is 9.59 Å². The van der Waals surface area contributed by atoms with Gasteiger partial charge in [0.1, 0.15) is 11.3 Å². The zero-order valence-corrected chi connectivity index (χ0v) is 14.8. The van der Waals surface area contributed by atoms with Crippen LogP contribution >= 0.6 is 0 Å². The van der Waals surface area contributed by atoms with Crippen molar-refractivity contribution in [2.45, 2.75) is 19.3 Å². The Balaban J connectivity index is 1.53. The van der Waals surface area contributed by atoms with Gasteiger partial charge in [-0.3, -0.25) is 4.79 Å². The number of aryl methyl sites for hydroxylation is 1. The SMILES string of the molecule is Cc1cc(C2CCOC2)oc(=O)c1C(=O)Nc1ccc(-n2cccn2)cc1. The number of carbonyl (C=O) groups is 1. The van der Waals surface area contributed by atoms with Gasteiger partial charge in [0, 0.05) is 30.6 Å². The van der Waals surface area contributed by atoms with Crippen molar-refractivity contribution >= 4 is 11.6 Å². The van der Waals surface area contributed by atoms with E-state index in [2.05, 4.69) is 10.4 Å². The number of hydrogen-bond donors (Lipinski definition) is 1. The molecule has 3 aromatic rings. The first-order valence-corrected chi connectivity index (χ1v) is 8.75. The van der Waals surface area contributed by atoms with E-state index in [4.69, 9.17) is 9.15 Å². The van der Waals surface area contributed by atoms with Gasteiger partial charge < -0.3 is 14.5 Å². The van der Waals surface area contributed by atoms with Gasteiger partial charge in [-0.05, 0) is 55.3 Å². The first-order valence-electron chi connectivity index (χ1n) is 8.75. The Labute approximate surface area is 155 Å². The summed E-state index contributed by atoms with van der Waals surface area (Å²) in [7, 11) is 0. The second kappa shape index (κ2) is 7.20. The molecular formula is C20H19N3O4. The highest BCUT2D eigenvalue weighted by molar-refractivity contribution is 6.04. The minimum absolute atomic E-state index is 0.0221. The molecule has 4 rings (SSSR count). The third kappa shape index (κ3) is 3.54. The van der Waals surface area contributed by atoms with Crippen molar-refractivity contribution in [3.05, 3.63) is 76.1 Å². The van der Waals surface area contributed by atoms with Crippen molar-refractivity contribution in [2.75, 3.05) is 18.5 Å². The van der Waals surface area contributed by atoms with Crippen molar-refractivity contribution in [2.24, 2.45) is 0 Å². The van der Waals surface area contributed by atoms with Crippen LogP contribution in [0.4, 0.5) is 5.69 Å². The summed E-state index contributed by atoms with van der Waals surface area (Å²) < 4.78 is 12.4. The van der Waals surface area contributed by atoms with E-state index in [0.29, 0.717) is 30.2 Å². The molecule has 1 amide bonds. The van der Waals surface area contributed by atoms with Gasteiger partial charge in [0.2, 0.25) is 0 Å². The monoisotopic (exact) mass is 365 g/mol. The first kappa shape index (κ1) is 17.2. The van der Waals surface area contributed by atoms with Gasteiger partial charge in [-0.1, -0.05) is 0 Å². The summed E-state index contributed by atoms with van der Waals surface area (Å²) in [6, 6.07) is 10.8. The van der Waals surface area contributed by atoms with Gasteiger partial charge in [0.25, 0.3) is 5.91 Å². The van der Waals surface area contributed by atoms with Crippen LogP contribution in [0.1, 0.15) is 34.0 Å². The van der Waals surface area contributed by atoms with Crippen LogP contribution in [0, 0.1) is 6.92 Å². The van der Waals surface area contributed by atoms with Crippen LogP contribution in [0.3, 0.4) is 0 Å². The number of aromatic nitrogens is 2. The molecular weight excluding hydrogens is 346 g/mol. The second-order valence-electron chi connectivity index (χ2n) is 6.51. The summed E-state index contributed by atoms with van der Waals surface area (Å²) >= 11 is 0. The molecule has 0 radical (unpaired) electrons. The molecule has 0 spiro atoms. The number of anilines is 1. The summed E-state index contributed by atoms with van der Waals surface area (Å²) in [5.41, 5.74) is 1.45. The number of carbonyl (C=O) groups excluding carboxylic acids is 1. The summed E-state index contributed by atoms with van der Waals surface area (Å²) in [5.74, 6) is 0.167. The van der Waals surface area contributed by atoms with Crippen LogP contribution < -0.4 is 10.9 Å². The molecule has 1 aliphatic rings. The first-order chi connectivity index (χ1) is 13.1. The van der Waals surface area contributed by atoms with Gasteiger partial charge >= 0.3 is 5.63 Å². The van der Waals surface area contributed by atoms with Crippen molar-refractivity contribution in [3.63, 3.8) is 0 Å². The van der Waals surface area contributed by atoms with Crippen LogP contribution in [0.15, 0.2) is 58.0 Å². The number of nitrogens with one attached hydrogen (secondary N) is 1. The molecule has 1 N–H and O–H groups in total. The van der Waals surface area contributed by atoms with Gasteiger partial charge in [0.05, 0.1) is 12.3 Å². The molecule has 1 aromatic carbocycles. The molecule has 1 atom stereocenters. The lowest BCUT2D eigenvalue weighted by Gasteiger charge is -2.11. The maximum atomic E-state index is 12.6. The van der Waals surface area contributed by atoms with Gasteiger partial charge in [-0.15, -0.1) is 0 Å². The molecule has 27 heavy (non-hydrogen) atoms. The number of rotatable bonds is 4. The summed E-state index contributed by atoms with van der Waals surface area (Å²) in [6.07, 6.45) is 4.34. The fraction of sp³-hybridized carbons (Fsp3) is 0.250. The Morgan fingerprint density at radius 2 is 2.11 bits per heavy atom. The van der Waals surface area contributed by atoms with Gasteiger partial charge in [-0.2, -0.15) is 5.10 Å². The van der Waals surface area contributed by atoms with Crippen molar-refractivity contribution in [3.8, 4) is 5.69 Å². The Kier molecular flexibility index (Phi) is 4.60. The number of ether oxygens (including phenoxy) is 1. The predicted molar refractivity (Wildman–Crippen MR) is 99.4 cm³/mol. The van der Waals surface area contributed by atoms with E-state index in [-0.39, 0.29) is 11.5 Å². The minimum Gasteiger partial charge on any atom is -0.427 e. The molecule has 7 nitrogen and oxygen atoms in total. The summed E-state index contributed by atoms with van der Waals surface area (Å²) in [5, 5.41) is 6.90. The van der Waals surface area contributed by atoms with E-state index >= 15 is 0 Å². The van der Waals surface area contributed by atoms with Crippen LogP contribution in [0.25, 0.3) is 5.69 Å². The third-order valence-electron chi connectivity index (χ3n) is 4.62. The van der Waals surface area contributed by atoms with E-state index in [0.717, 1.165) is 12.1 Å². The maximum Gasteiger partial charge on any atom is 0.349 e. The van der Waals surface area contributed by atoms with Gasteiger partial charge in [-0.25, -0.2) is 9.48 Å². The van der Waals surface area contributed by atoms with E-state index in [1.165, 1.54) is 0 Å². The summed E-state index contributed by atoms with van der Waals surface area (Å²) in [6.45, 7) is 2.94. The molecule has 0 saturated carbocycles. The molecule has 2 aromatic heterocycles. The molecule has 1 fully saturated rings. The van der Waals surface area contributed by atoms with Crippen LogP contribution in [0.2, 0.25) is 0 Å². The quantitative estimate of drug-likeness (QED) is 0.768. The Bertz CT molecular complexity index is 1000. The molecule has 138 valence electrons. The zero-order chi connectivity index (χ0) is 18.8. The lowest BCUT2D eigenvalue weighted by molar-refractivity contribution is 0.102. The number of benzene rings is 1. The van der Waals surface area contributed by atoms with Crippen LogP contribution in [0.5, 0.6) is 0 Å². The lowest BCUT2D eigenvalue weighted by atomic mass is 10.0. The lowest BCUT2D eigenvalue weighted by Crippen LogP contribution is -2.23. The highest BCUT2D eigenvalue weighted by atomic mass is 16.5.